The molecular weight excluding hydrogens is 774 g/mol. The molecule has 4 aromatic rings. The molecule has 256 valence electrons. The van der Waals surface area contributed by atoms with Crippen LogP contribution in [-0.4, -0.2) is 68.1 Å². The fourth-order valence-electron chi connectivity index (χ4n) is 4.38. The number of nitrogens with two attached hydrogens (primary N) is 2. The third-order valence-electron chi connectivity index (χ3n) is 6.69. The molecule has 2 aromatic carbocycles. The van der Waals surface area contributed by atoms with Gasteiger partial charge in [0.05, 0.1) is 18.1 Å². The number of nitrogens with zero attached hydrogens (tertiary/aromatic N) is 4. The number of halogens is 2. The fourth-order valence-corrected chi connectivity index (χ4v) is 6.30. The van der Waals surface area contributed by atoms with Crippen LogP contribution in [0.3, 0.4) is 0 Å². The number of hydrogen-bond donors (Lipinski definition) is 3. The Kier molecular flexibility index (Phi) is 12.7. The van der Waals surface area contributed by atoms with Crippen LogP contribution in [0, 0.1) is 16.6 Å². The molecule has 0 bridgehead atoms. The van der Waals surface area contributed by atoms with E-state index in [1.807, 2.05) is 19.1 Å². The summed E-state index contributed by atoms with van der Waals surface area (Å²) < 4.78 is 81.8. The van der Waals surface area contributed by atoms with Crippen LogP contribution < -0.4 is 20.3 Å². The van der Waals surface area contributed by atoms with Crippen molar-refractivity contribution in [1.29, 1.82) is 0 Å². The Bertz CT molecular complexity index is 1910. The van der Waals surface area contributed by atoms with Gasteiger partial charge in [0, 0.05) is 23.1 Å². The summed E-state index contributed by atoms with van der Waals surface area (Å²) in [5.41, 5.74) is 8.36. The number of aryl methyl sites for hydroxylation is 2. The van der Waals surface area contributed by atoms with Crippen molar-refractivity contribution in [3.63, 3.8) is 0 Å². The minimum atomic E-state index is -3.99. The lowest BCUT2D eigenvalue weighted by molar-refractivity contribution is 0.174. The Labute approximate surface area is 284 Å². The number of fused-ring (bicyclic) bond motifs is 2. The smallest absolute Gasteiger partial charge is 0.333 e. The second-order valence-electron chi connectivity index (χ2n) is 10.2. The highest BCUT2D eigenvalue weighted by Gasteiger charge is 2.21. The maximum Gasteiger partial charge on any atom is 0.333 e. The molecule has 47 heavy (non-hydrogen) atoms. The molecule has 3 heterocycles. The van der Waals surface area contributed by atoms with Crippen LogP contribution in [0.15, 0.2) is 41.3 Å². The first-order valence-corrected chi connectivity index (χ1v) is 18.2. The fraction of sp³-hybridized carbons (Fsp3) is 0.393. The number of nitrogen functional groups attached to an aromatic ring is 1. The van der Waals surface area contributed by atoms with Gasteiger partial charge in [0.15, 0.2) is 28.5 Å². The van der Waals surface area contributed by atoms with Crippen molar-refractivity contribution in [2.24, 2.45) is 5.14 Å². The van der Waals surface area contributed by atoms with Gasteiger partial charge >= 0.3 is 16.4 Å². The van der Waals surface area contributed by atoms with Crippen molar-refractivity contribution in [2.45, 2.75) is 50.5 Å². The minimum Gasteiger partial charge on any atom is -0.454 e. The molecule has 5 rings (SSSR count). The molecule has 0 radical (unpaired) electrons. The van der Waals surface area contributed by atoms with Crippen LogP contribution in [0.25, 0.3) is 11.2 Å². The monoisotopic (exact) mass is 808 g/mol. The average Bonchev–Trinajstić information content (AvgIpc) is 3.59. The largest absolute Gasteiger partial charge is 0.454 e. The summed E-state index contributed by atoms with van der Waals surface area (Å²) in [4.78, 5) is 12.1. The Morgan fingerprint density at radius 3 is 2.32 bits per heavy atom. The number of aliphatic hydroxyl groups excluding tert-OH is 1. The number of ether oxygens (including phenoxy) is 2. The minimum absolute atomic E-state index is 0.0495. The first-order chi connectivity index (χ1) is 22.3. The second kappa shape index (κ2) is 16.3. The Morgan fingerprint density at radius 1 is 0.979 bits per heavy atom. The van der Waals surface area contributed by atoms with E-state index >= 15 is 0 Å². The lowest BCUT2D eigenvalue weighted by Crippen LogP contribution is -2.16. The maximum atomic E-state index is 13.8. The average molecular weight is 809 g/mol. The van der Waals surface area contributed by atoms with E-state index in [0.29, 0.717) is 61.5 Å². The van der Waals surface area contributed by atoms with E-state index in [4.69, 9.17) is 29.6 Å². The Hall–Kier alpha value is -3.21. The maximum absolute atomic E-state index is 13.8. The first-order valence-electron chi connectivity index (χ1n) is 14.3. The number of hydrogen-bond acceptors (Lipinski definition) is 13. The predicted molar refractivity (Wildman–Crippen MR) is 177 cm³/mol. The summed E-state index contributed by atoms with van der Waals surface area (Å²) in [5.74, 6) is 1.86. The topological polar surface area (TPSA) is 221 Å². The molecule has 0 saturated heterocycles. The molecule has 15 nitrogen and oxygen atoms in total. The van der Waals surface area contributed by atoms with Crippen LogP contribution in [-0.2, 0) is 41.8 Å². The molecular formula is C28H34FIN6O9S2. The standard InChI is InChI=1S/C17H18FIN6O5S.C11H16O4S/c18-17-23-15(20)14-16(24-17)25(3-1-2-4-30-31(21,26)27)13(22-14)6-9-5-11-12(7-10(9)19)29-8-28-11;1-10-4-6-11(7-5-10)16(13,14)15-9-3-2-8-12/h5,7H,1-4,6,8H2,(H2,20,23,24)(H2,21,26,27);4-7,12H,2-3,8-9H2,1H3. The first kappa shape index (κ1) is 36.6. The van der Waals surface area contributed by atoms with Gasteiger partial charge in [-0.15, -0.1) is 0 Å². The number of anilines is 1. The second-order valence-corrected chi connectivity index (χ2v) is 14.2. The third kappa shape index (κ3) is 10.4. The molecule has 0 saturated carbocycles. The van der Waals surface area contributed by atoms with Crippen molar-refractivity contribution in [3.8, 4) is 11.5 Å². The zero-order valence-corrected chi connectivity index (χ0v) is 29.1. The molecule has 0 aliphatic carbocycles. The summed E-state index contributed by atoms with van der Waals surface area (Å²) >= 11 is 2.20. The van der Waals surface area contributed by atoms with Crippen molar-refractivity contribution in [2.75, 3.05) is 32.3 Å². The number of rotatable bonds is 14. The van der Waals surface area contributed by atoms with E-state index in [2.05, 4.69) is 41.7 Å². The van der Waals surface area contributed by atoms with Crippen molar-refractivity contribution >= 4 is 60.0 Å². The van der Waals surface area contributed by atoms with E-state index in [1.54, 1.807) is 16.7 Å². The molecule has 1 aliphatic heterocycles. The number of unbranched alkanes of at least 4 members (excludes halogenated alkanes) is 2. The summed E-state index contributed by atoms with van der Waals surface area (Å²) in [7, 11) is -7.63. The molecule has 0 atom stereocenters. The van der Waals surface area contributed by atoms with Crippen molar-refractivity contribution in [3.05, 3.63) is 63.0 Å². The van der Waals surface area contributed by atoms with Gasteiger partial charge in [0.1, 0.15) is 5.82 Å². The summed E-state index contributed by atoms with van der Waals surface area (Å²) in [6.45, 7) is 2.53. The van der Waals surface area contributed by atoms with Crippen LogP contribution in [0.4, 0.5) is 10.2 Å². The van der Waals surface area contributed by atoms with Gasteiger partial charge in [-0.1, -0.05) is 17.7 Å². The number of benzene rings is 2. The zero-order chi connectivity index (χ0) is 34.2. The van der Waals surface area contributed by atoms with Crippen molar-refractivity contribution in [1.82, 2.24) is 19.5 Å². The van der Waals surface area contributed by atoms with E-state index in [-0.39, 0.29) is 43.0 Å². The molecule has 0 amide bonds. The molecule has 0 spiro atoms. The highest BCUT2D eigenvalue weighted by atomic mass is 127. The van der Waals surface area contributed by atoms with Gasteiger partial charge < -0.3 is 24.9 Å². The molecule has 19 heteroatoms. The normalized spacial score (nSPS) is 12.7. The van der Waals surface area contributed by atoms with Crippen LogP contribution in [0.5, 0.6) is 11.5 Å². The van der Waals surface area contributed by atoms with Crippen LogP contribution >= 0.6 is 22.6 Å². The number of aliphatic hydroxyl groups is 1. The Balaban J connectivity index is 0.000000264. The molecule has 0 fully saturated rings. The molecule has 2 aromatic heterocycles. The van der Waals surface area contributed by atoms with E-state index in [0.717, 1.165) is 14.7 Å². The van der Waals surface area contributed by atoms with Gasteiger partial charge in [-0.05, 0) is 85.0 Å². The third-order valence-corrected chi connectivity index (χ3v) is 9.51. The SMILES string of the molecule is Cc1ccc(S(=O)(=O)OCCCCO)cc1.Nc1nc(F)nc2c1nc(Cc1cc3c(cc1I)OCO3)n2CCCCOS(N)(=O)=O. The Morgan fingerprint density at radius 2 is 1.64 bits per heavy atom. The van der Waals surface area contributed by atoms with Gasteiger partial charge in [-0.2, -0.15) is 31.2 Å². The highest BCUT2D eigenvalue weighted by Crippen LogP contribution is 2.36. The van der Waals surface area contributed by atoms with Gasteiger partial charge in [0.25, 0.3) is 10.1 Å². The lowest BCUT2D eigenvalue weighted by Gasteiger charge is -2.10. The number of aromatic nitrogens is 4. The van der Waals surface area contributed by atoms with Crippen LogP contribution in [0.2, 0.25) is 0 Å². The van der Waals surface area contributed by atoms with E-state index < -0.39 is 26.5 Å². The summed E-state index contributed by atoms with van der Waals surface area (Å²) in [6, 6.07) is 10.3. The molecule has 0 unspecified atom stereocenters. The van der Waals surface area contributed by atoms with Gasteiger partial charge in [0.2, 0.25) is 6.79 Å². The zero-order valence-electron chi connectivity index (χ0n) is 25.3. The predicted octanol–water partition coefficient (Wildman–Crippen LogP) is 2.94. The summed E-state index contributed by atoms with van der Waals surface area (Å²) in [6.07, 6.45) is 1.44. The van der Waals surface area contributed by atoms with E-state index in [9.17, 15) is 21.2 Å². The number of imidazole rings is 1. The lowest BCUT2D eigenvalue weighted by atomic mass is 10.1. The molecule has 5 N–H and O–H groups in total. The quantitative estimate of drug-likeness (QED) is 0.0723. The highest BCUT2D eigenvalue weighted by molar-refractivity contribution is 14.1. The van der Waals surface area contributed by atoms with E-state index in [1.165, 1.54) is 12.1 Å². The van der Waals surface area contributed by atoms with Gasteiger partial charge in [-0.3, -0.25) is 8.37 Å². The molecule has 1 aliphatic rings. The van der Waals surface area contributed by atoms with Crippen LogP contribution in [0.1, 0.15) is 42.6 Å². The summed E-state index contributed by atoms with van der Waals surface area (Å²) in [5, 5.41) is 13.4. The van der Waals surface area contributed by atoms with Gasteiger partial charge in [-0.25, -0.2) is 10.1 Å². The van der Waals surface area contributed by atoms with Crippen molar-refractivity contribution < 1.29 is 44.2 Å².